The fourth-order valence-electron chi connectivity index (χ4n) is 4.25. The number of ether oxygens (including phenoxy) is 3. The second kappa shape index (κ2) is 8.53. The van der Waals surface area contributed by atoms with Crippen molar-refractivity contribution >= 4 is 28.6 Å². The van der Waals surface area contributed by atoms with Crippen LogP contribution in [0, 0.1) is 0 Å². The van der Waals surface area contributed by atoms with Crippen LogP contribution < -0.4 is 24.4 Å². The van der Waals surface area contributed by atoms with Crippen molar-refractivity contribution in [1.82, 2.24) is 24.5 Å². The Morgan fingerprint density at radius 2 is 1.88 bits per heavy atom. The molecule has 0 saturated carbocycles. The molecule has 1 atom stereocenters. The van der Waals surface area contributed by atoms with E-state index in [-0.39, 0.29) is 0 Å². The molecule has 1 aliphatic heterocycles. The number of fused-ring (bicyclic) bond motifs is 1. The normalized spacial score (nSPS) is 15.8. The maximum Gasteiger partial charge on any atom is 0.229 e. The first-order valence-electron chi connectivity index (χ1n) is 10.8. The van der Waals surface area contributed by atoms with Gasteiger partial charge in [0.15, 0.2) is 11.5 Å². The van der Waals surface area contributed by atoms with Gasteiger partial charge in [0.1, 0.15) is 23.6 Å². The second-order valence-electron chi connectivity index (χ2n) is 7.97. The van der Waals surface area contributed by atoms with Crippen LogP contribution in [0.25, 0.3) is 16.7 Å². The van der Waals surface area contributed by atoms with Crippen molar-refractivity contribution in [1.29, 1.82) is 0 Å². The van der Waals surface area contributed by atoms with E-state index in [1.54, 1.807) is 27.7 Å². The van der Waals surface area contributed by atoms with Crippen LogP contribution in [0.2, 0.25) is 0 Å². The number of methoxy groups -OCH3 is 3. The van der Waals surface area contributed by atoms with Crippen molar-refractivity contribution in [3.05, 3.63) is 36.9 Å². The lowest BCUT2D eigenvalue weighted by Gasteiger charge is -2.21. The first-order valence-corrected chi connectivity index (χ1v) is 10.8. The minimum absolute atomic E-state index is 0.421. The minimum atomic E-state index is 0.421. The quantitative estimate of drug-likeness (QED) is 0.438. The lowest BCUT2D eigenvalue weighted by atomic mass is 10.2. The number of aromatic nitrogens is 5. The van der Waals surface area contributed by atoms with Gasteiger partial charge in [-0.05, 0) is 25.8 Å². The highest BCUT2D eigenvalue weighted by Crippen LogP contribution is 2.39. The maximum atomic E-state index is 5.47. The maximum absolute atomic E-state index is 5.47. The number of benzene rings is 1. The molecule has 33 heavy (non-hydrogen) atoms. The van der Waals surface area contributed by atoms with Crippen LogP contribution in [0.4, 0.5) is 17.6 Å². The molecular formula is C23H27N7O3. The summed E-state index contributed by atoms with van der Waals surface area (Å²) < 4.78 is 18.2. The third-order valence-electron chi connectivity index (χ3n) is 5.99. The van der Waals surface area contributed by atoms with Crippen molar-refractivity contribution in [3.8, 4) is 22.9 Å². The van der Waals surface area contributed by atoms with Crippen molar-refractivity contribution in [2.24, 2.45) is 0 Å². The lowest BCUT2D eigenvalue weighted by Crippen LogP contribution is -2.28. The summed E-state index contributed by atoms with van der Waals surface area (Å²) >= 11 is 0. The Bertz CT molecular complexity index is 1260. The topological polar surface area (TPSA) is 102 Å². The Hall–Kier alpha value is -3.95. The highest BCUT2D eigenvalue weighted by molar-refractivity contribution is 5.89. The summed E-state index contributed by atoms with van der Waals surface area (Å²) in [6, 6.07) is 6.12. The van der Waals surface area contributed by atoms with E-state index in [1.165, 1.54) is 0 Å². The Morgan fingerprint density at radius 3 is 2.55 bits per heavy atom. The van der Waals surface area contributed by atoms with Gasteiger partial charge in [-0.15, -0.1) is 0 Å². The predicted octanol–water partition coefficient (Wildman–Crippen LogP) is 3.90. The van der Waals surface area contributed by atoms with Crippen LogP contribution in [0.5, 0.6) is 17.2 Å². The van der Waals surface area contributed by atoms with Crippen molar-refractivity contribution in [2.75, 3.05) is 38.1 Å². The van der Waals surface area contributed by atoms with Crippen LogP contribution in [0.1, 0.15) is 19.8 Å². The first-order chi connectivity index (χ1) is 16.1. The summed E-state index contributed by atoms with van der Waals surface area (Å²) in [6.45, 7) is 3.17. The molecule has 0 aliphatic carbocycles. The number of hydrogen-bond donors (Lipinski definition) is 2. The van der Waals surface area contributed by atoms with Crippen LogP contribution in [0.3, 0.4) is 0 Å². The van der Waals surface area contributed by atoms with E-state index in [4.69, 9.17) is 24.2 Å². The number of imidazole rings is 1. The highest BCUT2D eigenvalue weighted by Gasteiger charge is 2.24. The molecule has 5 rings (SSSR count). The molecule has 0 spiro atoms. The van der Waals surface area contributed by atoms with Gasteiger partial charge in [0.25, 0.3) is 0 Å². The van der Waals surface area contributed by atoms with Gasteiger partial charge in [-0.2, -0.15) is 9.97 Å². The molecule has 1 saturated heterocycles. The minimum Gasteiger partial charge on any atom is -0.493 e. The van der Waals surface area contributed by atoms with Gasteiger partial charge in [0.05, 0.1) is 38.6 Å². The summed E-state index contributed by atoms with van der Waals surface area (Å²) in [5.74, 6) is 3.78. The van der Waals surface area contributed by atoms with E-state index in [0.29, 0.717) is 34.9 Å². The van der Waals surface area contributed by atoms with Crippen LogP contribution >= 0.6 is 0 Å². The molecule has 1 aromatic carbocycles. The van der Waals surface area contributed by atoms with Gasteiger partial charge in [0, 0.05) is 30.9 Å². The molecule has 0 bridgehead atoms. The van der Waals surface area contributed by atoms with E-state index in [1.807, 2.05) is 35.2 Å². The van der Waals surface area contributed by atoms with Gasteiger partial charge in [-0.25, -0.2) is 4.98 Å². The third kappa shape index (κ3) is 3.77. The molecule has 10 heteroatoms. The Balaban J connectivity index is 1.48. The molecule has 172 valence electrons. The molecule has 4 heterocycles. The number of anilines is 3. The Kier molecular flexibility index (Phi) is 5.41. The third-order valence-corrected chi connectivity index (χ3v) is 5.99. The van der Waals surface area contributed by atoms with Gasteiger partial charge in [0.2, 0.25) is 11.7 Å². The molecule has 0 amide bonds. The van der Waals surface area contributed by atoms with Crippen LogP contribution in [-0.2, 0) is 0 Å². The first kappa shape index (κ1) is 20.9. The van der Waals surface area contributed by atoms with E-state index >= 15 is 0 Å². The molecular weight excluding hydrogens is 422 g/mol. The average molecular weight is 450 g/mol. The number of nitrogens with zero attached hydrogens (tertiary/aromatic N) is 5. The van der Waals surface area contributed by atoms with Crippen LogP contribution in [-0.4, -0.2) is 58.4 Å². The van der Waals surface area contributed by atoms with E-state index in [2.05, 4.69) is 27.1 Å². The van der Waals surface area contributed by atoms with Crippen molar-refractivity contribution in [3.63, 3.8) is 0 Å². The molecule has 4 aromatic rings. The zero-order chi connectivity index (χ0) is 22.9. The summed E-state index contributed by atoms with van der Waals surface area (Å²) in [5.41, 5.74) is 1.62. The van der Waals surface area contributed by atoms with Crippen molar-refractivity contribution in [2.45, 2.75) is 25.8 Å². The van der Waals surface area contributed by atoms with Gasteiger partial charge in [-0.3, -0.25) is 0 Å². The molecule has 1 aliphatic rings. The van der Waals surface area contributed by atoms with E-state index in [9.17, 15) is 0 Å². The number of H-pyrrole nitrogens is 1. The number of aromatic amines is 1. The van der Waals surface area contributed by atoms with E-state index < -0.39 is 0 Å². The molecule has 2 N–H and O–H groups in total. The smallest absolute Gasteiger partial charge is 0.229 e. The van der Waals surface area contributed by atoms with Gasteiger partial charge in [-0.1, -0.05) is 0 Å². The second-order valence-corrected chi connectivity index (χ2v) is 7.97. The van der Waals surface area contributed by atoms with Crippen LogP contribution in [0.15, 0.2) is 36.9 Å². The summed E-state index contributed by atoms with van der Waals surface area (Å²) in [6.07, 6.45) is 7.78. The fraction of sp³-hybridized carbons (Fsp3) is 0.348. The average Bonchev–Trinajstić information content (AvgIpc) is 3.58. The lowest BCUT2D eigenvalue weighted by molar-refractivity contribution is 0.324. The molecule has 0 unspecified atom stereocenters. The monoisotopic (exact) mass is 449 g/mol. The van der Waals surface area contributed by atoms with Gasteiger partial charge >= 0.3 is 0 Å². The fourth-order valence-corrected chi connectivity index (χ4v) is 4.25. The summed E-state index contributed by atoms with van der Waals surface area (Å²) in [4.78, 5) is 19.6. The van der Waals surface area contributed by atoms with Crippen molar-refractivity contribution < 1.29 is 14.2 Å². The summed E-state index contributed by atoms with van der Waals surface area (Å²) in [7, 11) is 4.77. The standard InChI is InChI=1S/C23H27N7O3/c1-14-6-5-9-30(14)23-27-21-16(7-8-24-21)22(28-23)26-19-12-29(13-25-19)15-10-17(31-2)20(33-4)18(11-15)32-3/h7-8,10-14H,5-6,9H2,1-4H3,(H2,24,26,27,28)/t14-/m1/s1. The number of rotatable bonds is 7. The Morgan fingerprint density at radius 1 is 1.09 bits per heavy atom. The SMILES string of the molecule is COc1cc(-n2cnc(Nc3nc(N4CCC[C@H]4C)nc4[nH]ccc34)c2)cc(OC)c1OC. The zero-order valence-corrected chi connectivity index (χ0v) is 19.1. The number of nitrogens with one attached hydrogen (secondary N) is 2. The predicted molar refractivity (Wildman–Crippen MR) is 126 cm³/mol. The number of hydrogen-bond acceptors (Lipinski definition) is 8. The molecule has 0 radical (unpaired) electrons. The van der Waals surface area contributed by atoms with E-state index in [0.717, 1.165) is 42.1 Å². The summed E-state index contributed by atoms with van der Waals surface area (Å²) in [5, 5.41) is 4.27. The molecule has 1 fully saturated rings. The molecule has 3 aromatic heterocycles. The Labute approximate surface area is 191 Å². The highest BCUT2D eigenvalue weighted by atomic mass is 16.5. The molecule has 10 nitrogen and oxygen atoms in total. The largest absolute Gasteiger partial charge is 0.493 e. The van der Waals surface area contributed by atoms with Gasteiger partial charge < -0.3 is 34.0 Å². The zero-order valence-electron chi connectivity index (χ0n) is 19.1.